The van der Waals surface area contributed by atoms with Gasteiger partial charge in [0.05, 0.1) is 0 Å². The van der Waals surface area contributed by atoms with Crippen LogP contribution in [0.1, 0.15) is 11.1 Å². The van der Waals surface area contributed by atoms with Crippen molar-refractivity contribution in [2.24, 2.45) is 0 Å². The van der Waals surface area contributed by atoms with E-state index in [1.165, 1.54) is 21.2 Å². The van der Waals surface area contributed by atoms with Gasteiger partial charge in [-0.1, -0.05) is 44.0 Å². The van der Waals surface area contributed by atoms with Gasteiger partial charge in [0.15, 0.2) is 0 Å². The van der Waals surface area contributed by atoms with E-state index in [9.17, 15) is 0 Å². The Labute approximate surface area is 98.2 Å². The van der Waals surface area contributed by atoms with E-state index in [1.807, 2.05) is 11.3 Å². The van der Waals surface area contributed by atoms with Crippen LogP contribution in [0, 0.1) is 0 Å². The minimum absolute atomic E-state index is 0.933. The Morgan fingerprint density at radius 3 is 2.38 bits per heavy atom. The maximum atomic E-state index is 3.50. The number of thiophene rings is 1. The van der Waals surface area contributed by atoms with Gasteiger partial charge < -0.3 is 0 Å². The average Bonchev–Trinajstić information content (AvgIpc) is 2.64. The molecule has 0 aliphatic heterocycles. The molecule has 0 N–H and O–H groups in total. The van der Waals surface area contributed by atoms with E-state index in [2.05, 4.69) is 55.4 Å². The molecule has 2 aromatic rings. The molecule has 68 valence electrons. The van der Waals surface area contributed by atoms with Gasteiger partial charge in [-0.3, -0.25) is 0 Å². The molecule has 2 rings (SSSR count). The van der Waals surface area contributed by atoms with Crippen LogP contribution in [0.15, 0.2) is 23.6 Å². The van der Waals surface area contributed by atoms with Gasteiger partial charge in [-0.05, 0) is 28.0 Å². The Kier molecular flexibility index (Phi) is 3.06. The smallest absolute Gasteiger partial charge is 0.0386 e. The summed E-state index contributed by atoms with van der Waals surface area (Å²) in [6, 6.07) is 6.59. The van der Waals surface area contributed by atoms with Crippen LogP contribution in [0.3, 0.4) is 0 Å². The van der Waals surface area contributed by atoms with Gasteiger partial charge in [0.1, 0.15) is 0 Å². The number of hydrogen-bond donors (Lipinski definition) is 0. The van der Waals surface area contributed by atoms with E-state index in [1.54, 1.807) is 0 Å². The summed E-state index contributed by atoms with van der Waals surface area (Å²) in [5, 5.41) is 5.41. The second-order valence-electron chi connectivity index (χ2n) is 2.81. The summed E-state index contributed by atoms with van der Waals surface area (Å²) in [5.74, 6) is 0. The third-order valence-corrected chi connectivity index (χ3v) is 4.27. The highest BCUT2D eigenvalue weighted by molar-refractivity contribution is 9.08. The minimum atomic E-state index is 0.933. The molecule has 3 heteroatoms. The molecule has 1 aromatic carbocycles. The van der Waals surface area contributed by atoms with Crippen molar-refractivity contribution in [3.05, 3.63) is 34.7 Å². The summed E-state index contributed by atoms with van der Waals surface area (Å²) in [5.41, 5.74) is 2.76. The van der Waals surface area contributed by atoms with E-state index < -0.39 is 0 Å². The van der Waals surface area contributed by atoms with Gasteiger partial charge in [0.25, 0.3) is 0 Å². The zero-order valence-corrected chi connectivity index (χ0v) is 10.9. The molecule has 0 bridgehead atoms. The molecule has 1 aromatic heterocycles. The predicted octanol–water partition coefficient (Wildman–Crippen LogP) is 4.69. The number of alkyl halides is 2. The van der Waals surface area contributed by atoms with Crippen molar-refractivity contribution in [3.63, 3.8) is 0 Å². The van der Waals surface area contributed by atoms with Gasteiger partial charge in [-0.15, -0.1) is 11.3 Å². The van der Waals surface area contributed by atoms with Crippen molar-refractivity contribution in [2.75, 3.05) is 0 Å². The molecule has 0 nitrogen and oxygen atoms in total. The summed E-state index contributed by atoms with van der Waals surface area (Å²) < 4.78 is 1.41. The number of benzene rings is 1. The van der Waals surface area contributed by atoms with Crippen molar-refractivity contribution in [1.29, 1.82) is 0 Å². The van der Waals surface area contributed by atoms with Crippen LogP contribution in [0.5, 0.6) is 0 Å². The maximum Gasteiger partial charge on any atom is 0.0386 e. The van der Waals surface area contributed by atoms with Crippen LogP contribution in [0.25, 0.3) is 10.1 Å². The zero-order valence-electron chi connectivity index (χ0n) is 6.89. The molecular weight excluding hydrogens is 312 g/mol. The van der Waals surface area contributed by atoms with Gasteiger partial charge in [0, 0.05) is 15.4 Å². The molecule has 0 atom stereocenters. The Morgan fingerprint density at radius 2 is 1.69 bits per heavy atom. The Morgan fingerprint density at radius 1 is 1.00 bits per heavy atom. The highest BCUT2D eigenvalue weighted by Crippen LogP contribution is 2.30. The molecule has 0 aliphatic carbocycles. The lowest BCUT2D eigenvalue weighted by atomic mass is 10.1. The number of fused-ring (bicyclic) bond motifs is 1. The van der Waals surface area contributed by atoms with Crippen molar-refractivity contribution in [2.45, 2.75) is 10.7 Å². The van der Waals surface area contributed by atoms with E-state index in [0.717, 1.165) is 10.7 Å². The standard InChI is InChI=1S/C10H8Br2S/c11-5-7-1-2-8(6-12)10-9(7)3-4-13-10/h1-4H,5-6H2. The van der Waals surface area contributed by atoms with Crippen LogP contribution in [-0.2, 0) is 10.7 Å². The molecule has 0 saturated carbocycles. The summed E-state index contributed by atoms with van der Waals surface area (Å²) >= 11 is 8.82. The maximum absolute atomic E-state index is 3.50. The quantitative estimate of drug-likeness (QED) is 0.704. The molecule has 0 unspecified atom stereocenters. The molecule has 1 heterocycles. The molecule has 0 fully saturated rings. The van der Waals surface area contributed by atoms with Crippen LogP contribution in [0.2, 0.25) is 0 Å². The first-order valence-corrected chi connectivity index (χ1v) is 7.09. The van der Waals surface area contributed by atoms with Crippen LogP contribution >= 0.6 is 43.2 Å². The van der Waals surface area contributed by atoms with Gasteiger partial charge in [-0.2, -0.15) is 0 Å². The molecule has 13 heavy (non-hydrogen) atoms. The molecule has 0 spiro atoms. The minimum Gasteiger partial charge on any atom is -0.143 e. The van der Waals surface area contributed by atoms with Crippen molar-refractivity contribution >= 4 is 53.3 Å². The molecular formula is C10H8Br2S. The third kappa shape index (κ3) is 1.69. The first kappa shape index (κ1) is 9.69. The van der Waals surface area contributed by atoms with Crippen molar-refractivity contribution < 1.29 is 0 Å². The Hall–Kier alpha value is 0.140. The fourth-order valence-electron chi connectivity index (χ4n) is 1.40. The Bertz CT molecular complexity index is 382. The predicted molar refractivity (Wildman–Crippen MR) is 67.1 cm³/mol. The second kappa shape index (κ2) is 4.11. The summed E-state index contributed by atoms with van der Waals surface area (Å²) in [4.78, 5) is 0. The zero-order chi connectivity index (χ0) is 9.26. The summed E-state index contributed by atoms with van der Waals surface area (Å²) in [7, 11) is 0. The number of hydrogen-bond acceptors (Lipinski definition) is 1. The van der Waals surface area contributed by atoms with Crippen molar-refractivity contribution in [1.82, 2.24) is 0 Å². The monoisotopic (exact) mass is 318 g/mol. The SMILES string of the molecule is BrCc1ccc(CBr)c2sccc12. The fraction of sp³-hybridized carbons (Fsp3) is 0.200. The summed E-state index contributed by atoms with van der Waals surface area (Å²) in [6.45, 7) is 0. The Balaban J connectivity index is 2.74. The molecule has 0 aliphatic rings. The third-order valence-electron chi connectivity index (χ3n) is 2.08. The van der Waals surface area contributed by atoms with Crippen LogP contribution in [-0.4, -0.2) is 0 Å². The number of halogens is 2. The topological polar surface area (TPSA) is 0 Å². The largest absolute Gasteiger partial charge is 0.143 e. The fourth-order valence-corrected chi connectivity index (χ4v) is 3.50. The van der Waals surface area contributed by atoms with E-state index >= 15 is 0 Å². The van der Waals surface area contributed by atoms with E-state index in [4.69, 9.17) is 0 Å². The lowest BCUT2D eigenvalue weighted by molar-refractivity contribution is 1.44. The highest BCUT2D eigenvalue weighted by Gasteiger charge is 2.04. The normalized spacial score (nSPS) is 10.9. The lowest BCUT2D eigenvalue weighted by Gasteiger charge is -2.02. The summed E-state index contributed by atoms with van der Waals surface area (Å²) in [6.07, 6.45) is 0. The van der Waals surface area contributed by atoms with Gasteiger partial charge in [-0.25, -0.2) is 0 Å². The first-order chi connectivity index (χ1) is 6.36. The second-order valence-corrected chi connectivity index (χ2v) is 4.85. The highest BCUT2D eigenvalue weighted by atomic mass is 79.9. The molecule has 0 amide bonds. The number of rotatable bonds is 2. The lowest BCUT2D eigenvalue weighted by Crippen LogP contribution is -1.82. The van der Waals surface area contributed by atoms with E-state index in [0.29, 0.717) is 0 Å². The van der Waals surface area contributed by atoms with Crippen LogP contribution < -0.4 is 0 Å². The van der Waals surface area contributed by atoms with Crippen LogP contribution in [0.4, 0.5) is 0 Å². The molecule has 0 saturated heterocycles. The van der Waals surface area contributed by atoms with Crippen molar-refractivity contribution in [3.8, 4) is 0 Å². The first-order valence-electron chi connectivity index (χ1n) is 3.96. The molecule has 0 radical (unpaired) electrons. The van der Waals surface area contributed by atoms with Gasteiger partial charge >= 0.3 is 0 Å². The average molecular weight is 320 g/mol. The van der Waals surface area contributed by atoms with Gasteiger partial charge in [0.2, 0.25) is 0 Å². The van der Waals surface area contributed by atoms with E-state index in [-0.39, 0.29) is 0 Å².